The Bertz CT molecular complexity index is 374. The van der Waals surface area contributed by atoms with Gasteiger partial charge in [0.25, 0.3) is 0 Å². The number of methoxy groups -OCH3 is 1. The van der Waals surface area contributed by atoms with Crippen LogP contribution >= 0.6 is 0 Å². The Hall–Kier alpha value is -0.980. The van der Waals surface area contributed by atoms with E-state index in [1.165, 1.54) is 0 Å². The van der Waals surface area contributed by atoms with Gasteiger partial charge in [-0.15, -0.1) is 0 Å². The Kier molecular flexibility index (Phi) is 4.31. The molecule has 1 fully saturated rings. The molecule has 1 aliphatic carbocycles. The molecule has 6 heteroatoms. The van der Waals surface area contributed by atoms with Gasteiger partial charge in [0, 0.05) is 13.7 Å². The van der Waals surface area contributed by atoms with Crippen molar-refractivity contribution in [2.75, 3.05) is 20.7 Å². The minimum Gasteiger partial charge on any atom is -0.389 e. The minimum absolute atomic E-state index is 0.358. The van der Waals surface area contributed by atoms with Gasteiger partial charge in [0.05, 0.1) is 12.1 Å². The average Bonchev–Trinajstić information content (AvgIpc) is 2.89. The van der Waals surface area contributed by atoms with Gasteiger partial charge in [-0.1, -0.05) is 18.0 Å². The predicted octanol–water partition coefficient (Wildman–Crippen LogP) is 0.953. The van der Waals surface area contributed by atoms with Crippen LogP contribution in [0.3, 0.4) is 0 Å². The number of rotatable bonds is 6. The average molecular weight is 255 g/mol. The Balaban J connectivity index is 1.84. The van der Waals surface area contributed by atoms with E-state index in [1.807, 2.05) is 11.9 Å². The number of hydrogen-bond donors (Lipinski definition) is 1. The zero-order valence-electron chi connectivity index (χ0n) is 11.1. The Labute approximate surface area is 107 Å². The van der Waals surface area contributed by atoms with Crippen molar-refractivity contribution in [1.29, 1.82) is 0 Å². The van der Waals surface area contributed by atoms with E-state index in [1.54, 1.807) is 7.11 Å². The molecule has 0 bridgehead atoms. The summed E-state index contributed by atoms with van der Waals surface area (Å²) < 4.78 is 10.1. The van der Waals surface area contributed by atoms with Crippen molar-refractivity contribution in [3.05, 3.63) is 11.7 Å². The van der Waals surface area contributed by atoms with Crippen molar-refractivity contribution >= 4 is 0 Å². The molecule has 0 aliphatic heterocycles. The zero-order valence-corrected chi connectivity index (χ0v) is 11.1. The number of likely N-dealkylation sites (N-methyl/N-ethyl adjacent to an activating group) is 1. The van der Waals surface area contributed by atoms with Crippen LogP contribution in [0.1, 0.15) is 37.4 Å². The van der Waals surface area contributed by atoms with E-state index in [0.717, 1.165) is 25.7 Å². The fourth-order valence-electron chi connectivity index (χ4n) is 2.52. The molecule has 0 unspecified atom stereocenters. The van der Waals surface area contributed by atoms with Crippen molar-refractivity contribution in [2.24, 2.45) is 0 Å². The first-order valence-corrected chi connectivity index (χ1v) is 6.33. The number of hydrogen-bond acceptors (Lipinski definition) is 6. The van der Waals surface area contributed by atoms with Crippen LogP contribution in [-0.2, 0) is 17.9 Å². The van der Waals surface area contributed by atoms with Crippen molar-refractivity contribution in [1.82, 2.24) is 15.0 Å². The summed E-state index contributed by atoms with van der Waals surface area (Å²) in [5.74, 6) is 1.12. The van der Waals surface area contributed by atoms with Crippen LogP contribution in [0.2, 0.25) is 0 Å². The van der Waals surface area contributed by atoms with E-state index in [2.05, 4.69) is 10.1 Å². The fraction of sp³-hybridized carbons (Fsp3) is 0.833. The zero-order chi connectivity index (χ0) is 13.0. The van der Waals surface area contributed by atoms with Gasteiger partial charge >= 0.3 is 0 Å². The molecule has 2 rings (SSSR count). The normalized spacial score (nSPS) is 18.7. The maximum Gasteiger partial charge on any atom is 0.240 e. The van der Waals surface area contributed by atoms with E-state index in [-0.39, 0.29) is 0 Å². The van der Waals surface area contributed by atoms with Gasteiger partial charge < -0.3 is 14.4 Å². The second kappa shape index (κ2) is 5.77. The van der Waals surface area contributed by atoms with E-state index in [4.69, 9.17) is 9.26 Å². The van der Waals surface area contributed by atoms with E-state index >= 15 is 0 Å². The number of aliphatic hydroxyl groups is 1. The molecule has 0 amide bonds. The first kappa shape index (κ1) is 13.5. The minimum atomic E-state index is -0.538. The third-order valence-corrected chi connectivity index (χ3v) is 3.29. The van der Waals surface area contributed by atoms with Crippen molar-refractivity contribution in [3.63, 3.8) is 0 Å². The molecule has 0 saturated heterocycles. The third kappa shape index (κ3) is 3.51. The molecule has 18 heavy (non-hydrogen) atoms. The second-order valence-corrected chi connectivity index (χ2v) is 5.14. The molecular formula is C12H21N3O3. The summed E-state index contributed by atoms with van der Waals surface area (Å²) in [4.78, 5) is 6.23. The van der Waals surface area contributed by atoms with Gasteiger partial charge in [-0.05, 0) is 19.9 Å². The maximum absolute atomic E-state index is 10.3. The van der Waals surface area contributed by atoms with Crippen molar-refractivity contribution in [3.8, 4) is 0 Å². The molecule has 6 nitrogen and oxygen atoms in total. The lowest BCUT2D eigenvalue weighted by atomic mass is 10.0. The molecule has 0 atom stereocenters. The monoisotopic (exact) mass is 255 g/mol. The summed E-state index contributed by atoms with van der Waals surface area (Å²) in [7, 11) is 3.55. The predicted molar refractivity (Wildman–Crippen MR) is 64.8 cm³/mol. The van der Waals surface area contributed by atoms with Gasteiger partial charge in [-0.3, -0.25) is 4.90 Å². The molecule has 1 saturated carbocycles. The fourth-order valence-corrected chi connectivity index (χ4v) is 2.52. The van der Waals surface area contributed by atoms with Crippen molar-refractivity contribution < 1.29 is 14.4 Å². The molecule has 0 radical (unpaired) electrons. The van der Waals surface area contributed by atoms with Crippen LogP contribution in [0.5, 0.6) is 0 Å². The van der Waals surface area contributed by atoms with Gasteiger partial charge in [-0.2, -0.15) is 4.98 Å². The van der Waals surface area contributed by atoms with Gasteiger partial charge in [0.2, 0.25) is 5.89 Å². The Morgan fingerprint density at radius 2 is 2.17 bits per heavy atom. The lowest BCUT2D eigenvalue weighted by molar-refractivity contribution is 0.0124. The van der Waals surface area contributed by atoms with Gasteiger partial charge in [0.15, 0.2) is 5.82 Å². The maximum atomic E-state index is 10.3. The van der Waals surface area contributed by atoms with Crippen LogP contribution in [-0.4, -0.2) is 46.5 Å². The largest absolute Gasteiger partial charge is 0.389 e. The molecule has 1 heterocycles. The summed E-state index contributed by atoms with van der Waals surface area (Å²) in [6.45, 7) is 1.56. The Morgan fingerprint density at radius 3 is 2.83 bits per heavy atom. The Morgan fingerprint density at radius 1 is 1.44 bits per heavy atom. The van der Waals surface area contributed by atoms with E-state index in [9.17, 15) is 5.11 Å². The smallest absolute Gasteiger partial charge is 0.240 e. The SMILES string of the molecule is COCc1noc(CN(C)CC2(O)CCCC2)n1. The summed E-state index contributed by atoms with van der Waals surface area (Å²) in [5, 5.41) is 14.1. The highest BCUT2D eigenvalue weighted by atomic mass is 16.5. The quantitative estimate of drug-likeness (QED) is 0.816. The first-order chi connectivity index (χ1) is 8.61. The van der Waals surface area contributed by atoms with Gasteiger partial charge in [-0.25, -0.2) is 0 Å². The van der Waals surface area contributed by atoms with Crippen LogP contribution in [0.15, 0.2) is 4.52 Å². The standard InChI is InChI=1S/C12H21N3O3/c1-15(9-12(16)5-3-4-6-12)7-11-13-10(8-17-2)14-18-11/h16H,3-9H2,1-2H3. The molecule has 0 aromatic carbocycles. The summed E-state index contributed by atoms with van der Waals surface area (Å²) in [6, 6.07) is 0. The van der Waals surface area contributed by atoms with Crippen LogP contribution in [0.4, 0.5) is 0 Å². The number of ether oxygens (including phenoxy) is 1. The summed E-state index contributed by atoms with van der Waals surface area (Å²) in [6.07, 6.45) is 4.00. The molecule has 1 aromatic heterocycles. The van der Waals surface area contributed by atoms with E-state index in [0.29, 0.717) is 31.4 Å². The van der Waals surface area contributed by atoms with Crippen molar-refractivity contribution in [2.45, 2.75) is 44.4 Å². The first-order valence-electron chi connectivity index (χ1n) is 6.33. The van der Waals surface area contributed by atoms with Crippen LogP contribution < -0.4 is 0 Å². The lowest BCUT2D eigenvalue weighted by Gasteiger charge is -2.27. The number of nitrogens with zero attached hydrogens (tertiary/aromatic N) is 3. The highest BCUT2D eigenvalue weighted by Crippen LogP contribution is 2.30. The second-order valence-electron chi connectivity index (χ2n) is 5.14. The molecule has 1 N–H and O–H groups in total. The van der Waals surface area contributed by atoms with Gasteiger partial charge in [0.1, 0.15) is 6.61 Å². The lowest BCUT2D eigenvalue weighted by Crippen LogP contribution is -2.38. The van der Waals surface area contributed by atoms with Crippen LogP contribution in [0, 0.1) is 0 Å². The molecular weight excluding hydrogens is 234 g/mol. The van der Waals surface area contributed by atoms with E-state index < -0.39 is 5.60 Å². The molecule has 102 valence electrons. The topological polar surface area (TPSA) is 71.6 Å². The highest BCUT2D eigenvalue weighted by molar-refractivity contribution is 4.89. The highest BCUT2D eigenvalue weighted by Gasteiger charge is 2.32. The number of aromatic nitrogens is 2. The molecule has 1 aliphatic rings. The van der Waals surface area contributed by atoms with Crippen LogP contribution in [0.25, 0.3) is 0 Å². The summed E-state index contributed by atoms with van der Waals surface area (Å²) in [5.41, 5.74) is -0.538. The third-order valence-electron chi connectivity index (χ3n) is 3.29. The summed E-state index contributed by atoms with van der Waals surface area (Å²) >= 11 is 0. The molecule has 1 aromatic rings. The molecule has 0 spiro atoms.